The third kappa shape index (κ3) is 5.19. The predicted octanol–water partition coefficient (Wildman–Crippen LogP) is 3.32. The molecule has 3 aliphatic rings. The minimum absolute atomic E-state index is 0.120. The fraction of sp³-hybridized carbons (Fsp3) is 0.379. The number of benzene rings is 1. The van der Waals surface area contributed by atoms with Crippen molar-refractivity contribution in [2.45, 2.75) is 31.7 Å². The third-order valence-electron chi connectivity index (χ3n) is 7.92. The van der Waals surface area contributed by atoms with Gasteiger partial charge in [-0.05, 0) is 72.5 Å². The molecule has 2 aliphatic heterocycles. The molecule has 0 radical (unpaired) electrons. The molecule has 11 heteroatoms. The van der Waals surface area contributed by atoms with Crippen LogP contribution in [0.3, 0.4) is 0 Å². The Morgan fingerprint density at radius 1 is 1.15 bits per heavy atom. The van der Waals surface area contributed by atoms with Crippen LogP contribution in [0, 0.1) is 17.8 Å². The number of rotatable bonds is 7. The van der Waals surface area contributed by atoms with E-state index < -0.39 is 48.9 Å². The van der Waals surface area contributed by atoms with E-state index in [-0.39, 0.29) is 25.1 Å². The summed E-state index contributed by atoms with van der Waals surface area (Å²) in [6.45, 7) is 0.228. The van der Waals surface area contributed by atoms with Crippen molar-refractivity contribution < 1.29 is 38.6 Å². The average Bonchev–Trinajstić information content (AvgIpc) is 3.21. The molecule has 1 aromatic carbocycles. The van der Waals surface area contributed by atoms with Gasteiger partial charge in [0.1, 0.15) is 5.75 Å². The number of para-hydroxylation sites is 1. The molecule has 5 rings (SSSR count). The highest BCUT2D eigenvalue weighted by atomic mass is 16.5. The van der Waals surface area contributed by atoms with Crippen molar-refractivity contribution in [2.75, 3.05) is 20.8 Å². The van der Waals surface area contributed by atoms with E-state index in [9.17, 15) is 24.5 Å². The molecule has 2 saturated heterocycles. The summed E-state index contributed by atoms with van der Waals surface area (Å²) >= 11 is 0. The van der Waals surface area contributed by atoms with Crippen molar-refractivity contribution in [2.24, 2.45) is 17.8 Å². The fourth-order valence-electron chi connectivity index (χ4n) is 6.25. The second-order valence-corrected chi connectivity index (χ2v) is 10.2. The van der Waals surface area contributed by atoms with Crippen LogP contribution in [0.2, 0.25) is 6.32 Å². The van der Waals surface area contributed by atoms with Crippen LogP contribution in [0.25, 0.3) is 11.6 Å². The number of methoxy groups -OCH3 is 2. The molecule has 0 spiro atoms. The van der Waals surface area contributed by atoms with Crippen molar-refractivity contribution in [3.63, 3.8) is 0 Å². The van der Waals surface area contributed by atoms with Gasteiger partial charge in [-0.25, -0.2) is 4.79 Å². The third-order valence-corrected chi connectivity index (χ3v) is 7.92. The van der Waals surface area contributed by atoms with Crippen LogP contribution in [0.15, 0.2) is 59.8 Å². The number of aromatic nitrogens is 1. The number of fused-ring (bicyclic) bond motifs is 3. The van der Waals surface area contributed by atoms with Crippen molar-refractivity contribution in [3.05, 3.63) is 71.1 Å². The normalized spacial score (nSPS) is 24.7. The van der Waals surface area contributed by atoms with Gasteiger partial charge in [-0.2, -0.15) is 4.90 Å². The SMILES string of the molecule is COCC1=C2[C@@H](CC/C(=C/c3ccccc3O)c3ccccn3)OB(O)C[C@@H]2[C@@H]2C(=O)N(C(=O)OC)C(=O)[C@@H]2C1. The van der Waals surface area contributed by atoms with E-state index in [0.717, 1.165) is 29.5 Å². The lowest BCUT2D eigenvalue weighted by molar-refractivity contribution is -0.137. The Morgan fingerprint density at radius 2 is 1.93 bits per heavy atom. The Labute approximate surface area is 232 Å². The van der Waals surface area contributed by atoms with Crippen LogP contribution in [-0.4, -0.2) is 72.0 Å². The van der Waals surface area contributed by atoms with E-state index >= 15 is 0 Å². The number of phenols is 1. The molecule has 1 aliphatic carbocycles. The van der Waals surface area contributed by atoms with Gasteiger partial charge in [0.05, 0.1) is 37.4 Å². The summed E-state index contributed by atoms with van der Waals surface area (Å²) in [6.07, 6.45) is 3.29. The van der Waals surface area contributed by atoms with Crippen molar-refractivity contribution >= 4 is 36.7 Å². The van der Waals surface area contributed by atoms with Gasteiger partial charge in [0.15, 0.2) is 0 Å². The van der Waals surface area contributed by atoms with Crippen LogP contribution in [-0.2, 0) is 23.7 Å². The Morgan fingerprint density at radius 3 is 2.62 bits per heavy atom. The number of pyridine rings is 1. The molecule has 0 unspecified atom stereocenters. The lowest BCUT2D eigenvalue weighted by Gasteiger charge is -2.43. The van der Waals surface area contributed by atoms with Crippen LogP contribution < -0.4 is 0 Å². The molecule has 4 atom stereocenters. The zero-order valence-corrected chi connectivity index (χ0v) is 22.4. The molecule has 3 amide bonds. The Kier molecular flexibility index (Phi) is 8.15. The van der Waals surface area contributed by atoms with Crippen LogP contribution in [0.5, 0.6) is 5.75 Å². The van der Waals surface area contributed by atoms with Crippen LogP contribution >= 0.6 is 0 Å². The molecule has 0 bridgehead atoms. The van der Waals surface area contributed by atoms with Crippen LogP contribution in [0.4, 0.5) is 4.79 Å². The molecule has 3 heterocycles. The highest BCUT2D eigenvalue weighted by Gasteiger charge is 2.59. The van der Waals surface area contributed by atoms with Gasteiger partial charge in [-0.15, -0.1) is 0 Å². The number of amides is 3. The quantitative estimate of drug-likeness (QED) is 0.305. The Hall–Kier alpha value is -3.80. The molecule has 0 saturated carbocycles. The maximum Gasteiger partial charge on any atom is 0.455 e. The summed E-state index contributed by atoms with van der Waals surface area (Å²) in [5.41, 5.74) is 3.91. The van der Waals surface area contributed by atoms with Gasteiger partial charge in [0.2, 0.25) is 11.8 Å². The van der Waals surface area contributed by atoms with Gasteiger partial charge >= 0.3 is 13.2 Å². The van der Waals surface area contributed by atoms with E-state index in [1.54, 1.807) is 25.4 Å². The van der Waals surface area contributed by atoms with Crippen molar-refractivity contribution in [3.8, 4) is 5.75 Å². The maximum absolute atomic E-state index is 13.4. The van der Waals surface area contributed by atoms with Gasteiger partial charge in [-0.1, -0.05) is 24.3 Å². The summed E-state index contributed by atoms with van der Waals surface area (Å²) in [5, 5.41) is 21.1. The zero-order chi connectivity index (χ0) is 28.4. The number of ether oxygens (including phenoxy) is 2. The molecule has 1 aromatic heterocycles. The molecule has 2 N–H and O–H groups in total. The molecule has 208 valence electrons. The number of hydrogen-bond donors (Lipinski definition) is 2. The van der Waals surface area contributed by atoms with E-state index in [4.69, 9.17) is 14.1 Å². The smallest absolute Gasteiger partial charge is 0.455 e. The highest BCUT2D eigenvalue weighted by molar-refractivity contribution is 6.43. The van der Waals surface area contributed by atoms with Gasteiger partial charge in [0.25, 0.3) is 0 Å². The first-order valence-corrected chi connectivity index (χ1v) is 13.2. The van der Waals surface area contributed by atoms with Crippen molar-refractivity contribution in [1.29, 1.82) is 0 Å². The lowest BCUT2D eigenvalue weighted by atomic mass is 9.58. The highest BCUT2D eigenvalue weighted by Crippen LogP contribution is 2.51. The van der Waals surface area contributed by atoms with Crippen molar-refractivity contribution in [1.82, 2.24) is 9.88 Å². The largest absolute Gasteiger partial charge is 0.507 e. The Bertz CT molecular complexity index is 1360. The summed E-state index contributed by atoms with van der Waals surface area (Å²) in [5.74, 6) is -3.08. The predicted molar refractivity (Wildman–Crippen MR) is 145 cm³/mol. The summed E-state index contributed by atoms with van der Waals surface area (Å²) in [6, 6.07) is 12.6. The zero-order valence-electron chi connectivity index (χ0n) is 22.4. The molecule has 10 nitrogen and oxygen atoms in total. The van der Waals surface area contributed by atoms with E-state index in [0.29, 0.717) is 23.3 Å². The minimum Gasteiger partial charge on any atom is -0.507 e. The number of likely N-dealkylation sites (tertiary alicyclic amines) is 1. The average molecular weight is 546 g/mol. The van der Waals surface area contributed by atoms with Crippen LogP contribution in [0.1, 0.15) is 30.5 Å². The number of imide groups is 3. The summed E-state index contributed by atoms with van der Waals surface area (Å²) in [7, 11) is 1.52. The lowest BCUT2D eigenvalue weighted by Crippen LogP contribution is -2.46. The van der Waals surface area contributed by atoms with E-state index in [1.165, 1.54) is 0 Å². The molecule has 2 aromatic rings. The first-order valence-electron chi connectivity index (χ1n) is 13.2. The second-order valence-electron chi connectivity index (χ2n) is 10.2. The molecular weight excluding hydrogens is 515 g/mol. The summed E-state index contributed by atoms with van der Waals surface area (Å²) < 4.78 is 16.2. The first kappa shape index (κ1) is 27.8. The first-order chi connectivity index (χ1) is 19.3. The standard InChI is InChI=1S/C29H31BN2O8/c1-38-16-19-14-20-26(28(35)32(27(20)34)29(36)39-2)21-15-30(37)40-24(25(19)21)11-10-17(22-8-5-6-12-31-22)13-18-7-3-4-9-23(18)33/h3-9,12-13,20-21,24,26,33,37H,10-11,14-16H2,1-2H3/b17-13-/t20-,21+,24-,26-/m1/s1. The minimum atomic E-state index is -1.16. The topological polar surface area (TPSA) is 135 Å². The number of allylic oxidation sites excluding steroid dienone is 1. The number of carbonyl (C=O) groups excluding carboxylic acids is 3. The second kappa shape index (κ2) is 11.8. The number of nitrogens with zero attached hydrogens (tertiary/aromatic N) is 2. The van der Waals surface area contributed by atoms with E-state index in [1.807, 2.05) is 36.4 Å². The fourth-order valence-corrected chi connectivity index (χ4v) is 6.25. The number of hydrogen-bond acceptors (Lipinski definition) is 9. The van der Waals surface area contributed by atoms with Gasteiger partial charge in [-0.3, -0.25) is 14.6 Å². The molecule has 40 heavy (non-hydrogen) atoms. The number of carbonyl (C=O) groups is 3. The summed E-state index contributed by atoms with van der Waals surface area (Å²) in [4.78, 5) is 43.9. The maximum atomic E-state index is 13.4. The molecule has 2 fully saturated rings. The monoisotopic (exact) mass is 546 g/mol. The molecular formula is C29H31BN2O8. The van der Waals surface area contributed by atoms with Gasteiger partial charge < -0.3 is 24.3 Å². The Balaban J connectivity index is 1.49. The van der Waals surface area contributed by atoms with E-state index in [2.05, 4.69) is 4.98 Å². The number of phenolic OH excluding ortho intramolecular Hbond substituents is 1. The number of aromatic hydroxyl groups is 1. The van der Waals surface area contributed by atoms with Gasteiger partial charge in [0, 0.05) is 18.9 Å².